The molecule has 0 saturated heterocycles. The molecular formula is C9H17O2. The maximum absolute atomic E-state index is 10.8. The van der Waals surface area contributed by atoms with Crippen molar-refractivity contribution in [1.82, 2.24) is 0 Å². The van der Waals surface area contributed by atoms with E-state index in [9.17, 15) is 4.79 Å². The van der Waals surface area contributed by atoms with Crippen LogP contribution in [0.25, 0.3) is 0 Å². The molecule has 0 heterocycles. The summed E-state index contributed by atoms with van der Waals surface area (Å²) in [5, 5.41) is 0. The smallest absolute Gasteiger partial charge is 0.306 e. The zero-order valence-corrected chi connectivity index (χ0v) is 7.64. The van der Waals surface area contributed by atoms with Gasteiger partial charge in [-0.3, -0.25) is 4.79 Å². The highest BCUT2D eigenvalue weighted by Gasteiger charge is 2.20. The molecule has 0 amide bonds. The fraction of sp³-hybridized carbons (Fsp3) is 0.778. The molecule has 0 unspecified atom stereocenters. The lowest BCUT2D eigenvalue weighted by Gasteiger charge is -2.24. The zero-order valence-electron chi connectivity index (χ0n) is 7.64. The molecule has 0 N–H and O–H groups in total. The average molecular weight is 157 g/mol. The van der Waals surface area contributed by atoms with Crippen LogP contribution in [0, 0.1) is 6.92 Å². The van der Waals surface area contributed by atoms with E-state index in [1.807, 2.05) is 13.8 Å². The molecule has 0 saturated carbocycles. The average Bonchev–Trinajstić information content (AvgIpc) is 1.86. The van der Waals surface area contributed by atoms with Gasteiger partial charge >= 0.3 is 5.97 Å². The van der Waals surface area contributed by atoms with E-state index in [2.05, 4.69) is 13.8 Å². The topological polar surface area (TPSA) is 26.3 Å². The van der Waals surface area contributed by atoms with E-state index in [-0.39, 0.29) is 18.0 Å². The predicted molar refractivity (Wildman–Crippen MR) is 45.1 cm³/mol. The highest BCUT2D eigenvalue weighted by molar-refractivity contribution is 5.70. The van der Waals surface area contributed by atoms with Crippen molar-refractivity contribution < 1.29 is 9.53 Å². The fourth-order valence-electron chi connectivity index (χ4n) is 1.01. The number of carbonyl (C=O) groups is 1. The summed E-state index contributed by atoms with van der Waals surface area (Å²) in [7, 11) is 0. The maximum Gasteiger partial charge on any atom is 0.306 e. The van der Waals surface area contributed by atoms with Crippen molar-refractivity contribution in [3.05, 3.63) is 6.92 Å². The van der Waals surface area contributed by atoms with Crippen LogP contribution < -0.4 is 0 Å². The van der Waals surface area contributed by atoms with Crippen LogP contribution in [0.15, 0.2) is 0 Å². The lowest BCUT2D eigenvalue weighted by Crippen LogP contribution is -2.27. The van der Waals surface area contributed by atoms with Crippen molar-refractivity contribution in [3.8, 4) is 0 Å². The minimum atomic E-state index is -0.316. The Morgan fingerprint density at radius 2 is 2.09 bits per heavy atom. The third-order valence-electron chi connectivity index (χ3n) is 1.45. The molecule has 0 aliphatic rings. The second kappa shape index (κ2) is 4.37. The van der Waals surface area contributed by atoms with Crippen LogP contribution in [-0.4, -0.2) is 11.6 Å². The molecule has 0 fully saturated rings. The van der Waals surface area contributed by atoms with E-state index in [0.29, 0.717) is 0 Å². The van der Waals surface area contributed by atoms with Gasteiger partial charge in [0.25, 0.3) is 0 Å². The lowest BCUT2D eigenvalue weighted by molar-refractivity contribution is -0.156. The summed E-state index contributed by atoms with van der Waals surface area (Å²) in [5.41, 5.74) is -0.316. The molecular weight excluding hydrogens is 140 g/mol. The summed E-state index contributed by atoms with van der Waals surface area (Å²) in [5.74, 6) is -0.219. The van der Waals surface area contributed by atoms with Gasteiger partial charge in [-0.1, -0.05) is 13.3 Å². The zero-order chi connectivity index (χ0) is 8.91. The first-order chi connectivity index (χ1) is 5.02. The van der Waals surface area contributed by atoms with E-state index in [1.54, 1.807) is 0 Å². The standard InChI is InChI=1S/C9H17O2/c1-5-7-9(3,4)11-8(10)6-2/h2,5-7H2,1,3-4H3. The minimum absolute atomic E-state index is 0.215. The quantitative estimate of drug-likeness (QED) is 0.585. The first-order valence-electron chi connectivity index (χ1n) is 4.03. The van der Waals surface area contributed by atoms with Crippen molar-refractivity contribution in [1.29, 1.82) is 0 Å². The molecule has 0 spiro atoms. The molecule has 65 valence electrons. The molecule has 0 aromatic rings. The molecule has 0 aliphatic heterocycles. The molecule has 0 aliphatic carbocycles. The van der Waals surface area contributed by atoms with Crippen molar-refractivity contribution >= 4 is 5.97 Å². The van der Waals surface area contributed by atoms with Gasteiger partial charge in [0.05, 0.1) is 0 Å². The number of rotatable bonds is 4. The Balaban J connectivity index is 3.80. The summed E-state index contributed by atoms with van der Waals surface area (Å²) in [6.45, 7) is 9.37. The van der Waals surface area contributed by atoms with Crippen LogP contribution in [0.2, 0.25) is 0 Å². The van der Waals surface area contributed by atoms with E-state index >= 15 is 0 Å². The third-order valence-corrected chi connectivity index (χ3v) is 1.45. The van der Waals surface area contributed by atoms with Crippen LogP contribution in [0.4, 0.5) is 0 Å². The molecule has 11 heavy (non-hydrogen) atoms. The second-order valence-corrected chi connectivity index (χ2v) is 3.23. The van der Waals surface area contributed by atoms with Gasteiger partial charge in [-0.25, -0.2) is 0 Å². The SMILES string of the molecule is [CH2]CC(=O)OC(C)(C)CCC. The van der Waals surface area contributed by atoms with E-state index < -0.39 is 0 Å². The Hall–Kier alpha value is -0.530. The van der Waals surface area contributed by atoms with Crippen LogP contribution in [0.5, 0.6) is 0 Å². The molecule has 0 aromatic carbocycles. The number of hydrogen-bond acceptors (Lipinski definition) is 2. The van der Waals surface area contributed by atoms with E-state index in [4.69, 9.17) is 4.74 Å². The summed E-state index contributed by atoms with van der Waals surface area (Å²) in [4.78, 5) is 10.8. The summed E-state index contributed by atoms with van der Waals surface area (Å²) in [6, 6.07) is 0. The van der Waals surface area contributed by atoms with Gasteiger partial charge in [-0.15, -0.1) is 0 Å². The maximum atomic E-state index is 10.8. The Labute approximate surface area is 68.9 Å². The normalized spacial score (nSPS) is 11.3. The predicted octanol–water partition coefficient (Wildman–Crippen LogP) is 2.33. The van der Waals surface area contributed by atoms with Crippen molar-refractivity contribution in [2.75, 3.05) is 0 Å². The molecule has 2 nitrogen and oxygen atoms in total. The highest BCUT2D eigenvalue weighted by atomic mass is 16.6. The third kappa shape index (κ3) is 4.82. The second-order valence-electron chi connectivity index (χ2n) is 3.23. The number of esters is 1. The molecule has 2 heteroatoms. The molecule has 0 rings (SSSR count). The molecule has 0 aromatic heterocycles. The highest BCUT2D eigenvalue weighted by Crippen LogP contribution is 2.16. The van der Waals surface area contributed by atoms with Gasteiger partial charge < -0.3 is 4.74 Å². The fourth-order valence-corrected chi connectivity index (χ4v) is 1.01. The van der Waals surface area contributed by atoms with Crippen LogP contribution in [0.3, 0.4) is 0 Å². The largest absolute Gasteiger partial charge is 0.460 e. The Bertz CT molecular complexity index is 128. The summed E-state index contributed by atoms with van der Waals surface area (Å²) in [6.07, 6.45) is 2.14. The number of hydrogen-bond donors (Lipinski definition) is 0. The molecule has 0 bridgehead atoms. The van der Waals surface area contributed by atoms with Gasteiger partial charge in [0.2, 0.25) is 0 Å². The van der Waals surface area contributed by atoms with E-state index in [1.165, 1.54) is 0 Å². The van der Waals surface area contributed by atoms with Gasteiger partial charge in [0.15, 0.2) is 0 Å². The lowest BCUT2D eigenvalue weighted by atomic mass is 10.0. The van der Waals surface area contributed by atoms with Gasteiger partial charge in [0, 0.05) is 6.42 Å². The van der Waals surface area contributed by atoms with Crippen molar-refractivity contribution in [2.24, 2.45) is 0 Å². The van der Waals surface area contributed by atoms with E-state index in [0.717, 1.165) is 12.8 Å². The Morgan fingerprint density at radius 3 is 2.45 bits per heavy atom. The first kappa shape index (κ1) is 10.5. The van der Waals surface area contributed by atoms with Gasteiger partial charge in [-0.2, -0.15) is 0 Å². The monoisotopic (exact) mass is 157 g/mol. The van der Waals surface area contributed by atoms with Crippen LogP contribution >= 0.6 is 0 Å². The molecule has 1 radical (unpaired) electrons. The Morgan fingerprint density at radius 1 is 1.55 bits per heavy atom. The van der Waals surface area contributed by atoms with Gasteiger partial charge in [0.1, 0.15) is 5.60 Å². The van der Waals surface area contributed by atoms with Crippen LogP contribution in [-0.2, 0) is 9.53 Å². The van der Waals surface area contributed by atoms with Gasteiger partial charge in [-0.05, 0) is 27.2 Å². The molecule has 0 atom stereocenters. The Kier molecular flexibility index (Phi) is 4.16. The van der Waals surface area contributed by atoms with Crippen molar-refractivity contribution in [2.45, 2.75) is 45.6 Å². The van der Waals surface area contributed by atoms with Crippen molar-refractivity contribution in [3.63, 3.8) is 0 Å². The summed E-state index contributed by atoms with van der Waals surface area (Å²) < 4.78 is 5.13. The number of ether oxygens (including phenoxy) is 1. The number of carbonyl (C=O) groups excluding carboxylic acids is 1. The van der Waals surface area contributed by atoms with Crippen LogP contribution in [0.1, 0.15) is 40.0 Å². The first-order valence-corrected chi connectivity index (χ1v) is 4.03. The summed E-state index contributed by atoms with van der Waals surface area (Å²) >= 11 is 0. The minimum Gasteiger partial charge on any atom is -0.460 e.